The Bertz CT molecular complexity index is 609. The summed E-state index contributed by atoms with van der Waals surface area (Å²) in [6.07, 6.45) is 3.57. The molecule has 1 N–H and O–H groups in total. The van der Waals surface area contributed by atoms with E-state index in [4.69, 9.17) is 4.74 Å². The van der Waals surface area contributed by atoms with Gasteiger partial charge >= 0.3 is 5.69 Å². The van der Waals surface area contributed by atoms with Gasteiger partial charge in [0, 0.05) is 25.4 Å². The van der Waals surface area contributed by atoms with Gasteiger partial charge in [0.15, 0.2) is 5.75 Å². The van der Waals surface area contributed by atoms with Crippen molar-refractivity contribution >= 4 is 11.4 Å². The molecule has 20 heavy (non-hydrogen) atoms. The van der Waals surface area contributed by atoms with Gasteiger partial charge in [0.1, 0.15) is 5.69 Å². The predicted octanol–water partition coefficient (Wildman–Crippen LogP) is 2.34. The fourth-order valence-electron chi connectivity index (χ4n) is 1.89. The topological polar surface area (TPSA) is 82.2 Å². The lowest BCUT2D eigenvalue weighted by Gasteiger charge is -2.09. The van der Waals surface area contributed by atoms with Gasteiger partial charge in [-0.25, -0.2) is 0 Å². The summed E-state index contributed by atoms with van der Waals surface area (Å²) in [6, 6.07) is 4.98. The van der Waals surface area contributed by atoms with Gasteiger partial charge in [-0.2, -0.15) is 5.10 Å². The van der Waals surface area contributed by atoms with Crippen molar-refractivity contribution in [3.8, 4) is 5.75 Å². The number of aryl methyl sites for hydroxylation is 1. The number of rotatable bonds is 6. The molecule has 2 aromatic rings. The Kier molecular flexibility index (Phi) is 4.19. The summed E-state index contributed by atoms with van der Waals surface area (Å²) in [4.78, 5) is 10.8. The molecule has 106 valence electrons. The van der Waals surface area contributed by atoms with E-state index in [2.05, 4.69) is 10.4 Å². The maximum Gasteiger partial charge on any atom is 0.333 e. The number of hydrogen-bond donors (Lipinski definition) is 1. The normalized spacial score (nSPS) is 10.3. The highest BCUT2D eigenvalue weighted by Crippen LogP contribution is 2.34. The number of nitrogens with one attached hydrogen (secondary N) is 1. The Morgan fingerprint density at radius 2 is 2.30 bits per heavy atom. The van der Waals surface area contributed by atoms with Crippen LogP contribution in [0, 0.1) is 10.1 Å². The number of anilines is 1. The molecule has 7 nitrogen and oxygen atoms in total. The molecule has 1 aromatic carbocycles. The first kappa shape index (κ1) is 13.9. The van der Waals surface area contributed by atoms with Crippen LogP contribution in [0.25, 0.3) is 0 Å². The summed E-state index contributed by atoms with van der Waals surface area (Å²) in [5.74, 6) is 0.272. The third-order valence-corrected chi connectivity index (χ3v) is 2.72. The van der Waals surface area contributed by atoms with Gasteiger partial charge in [-0.05, 0) is 19.1 Å². The van der Waals surface area contributed by atoms with Gasteiger partial charge in [-0.3, -0.25) is 14.8 Å². The Balaban J connectivity index is 2.22. The van der Waals surface area contributed by atoms with Crippen LogP contribution in [0.3, 0.4) is 0 Å². The maximum atomic E-state index is 11.2. The number of para-hydroxylation sites is 1. The molecule has 0 spiro atoms. The molecule has 0 aliphatic heterocycles. The number of nitrogens with zero attached hydrogens (tertiary/aromatic N) is 3. The molecule has 1 aromatic heterocycles. The van der Waals surface area contributed by atoms with Gasteiger partial charge in [-0.1, -0.05) is 6.07 Å². The van der Waals surface area contributed by atoms with E-state index in [0.717, 1.165) is 5.56 Å². The lowest BCUT2D eigenvalue weighted by molar-refractivity contribution is -0.384. The molecular weight excluding hydrogens is 260 g/mol. The lowest BCUT2D eigenvalue weighted by Crippen LogP contribution is -2.04. The molecule has 2 rings (SSSR count). The molecule has 0 saturated carbocycles. The zero-order chi connectivity index (χ0) is 14.5. The van der Waals surface area contributed by atoms with Crippen LogP contribution in [-0.2, 0) is 13.6 Å². The van der Waals surface area contributed by atoms with E-state index in [9.17, 15) is 10.1 Å². The highest BCUT2D eigenvalue weighted by atomic mass is 16.6. The molecule has 0 saturated heterocycles. The minimum atomic E-state index is -0.434. The molecule has 0 bridgehead atoms. The van der Waals surface area contributed by atoms with E-state index < -0.39 is 4.92 Å². The van der Waals surface area contributed by atoms with Crippen molar-refractivity contribution in [1.82, 2.24) is 9.78 Å². The van der Waals surface area contributed by atoms with Crippen LogP contribution in [0.1, 0.15) is 12.5 Å². The molecule has 0 amide bonds. The first-order valence-electron chi connectivity index (χ1n) is 6.23. The van der Waals surface area contributed by atoms with Gasteiger partial charge in [0.25, 0.3) is 0 Å². The maximum absolute atomic E-state index is 11.2. The number of ether oxygens (including phenoxy) is 1. The van der Waals surface area contributed by atoms with Crippen molar-refractivity contribution in [3.63, 3.8) is 0 Å². The quantitative estimate of drug-likeness (QED) is 0.646. The van der Waals surface area contributed by atoms with Crippen molar-refractivity contribution in [1.29, 1.82) is 0 Å². The Morgan fingerprint density at radius 1 is 1.50 bits per heavy atom. The van der Waals surface area contributed by atoms with Crippen molar-refractivity contribution in [2.24, 2.45) is 7.05 Å². The first-order valence-corrected chi connectivity index (χ1v) is 6.23. The van der Waals surface area contributed by atoms with Gasteiger partial charge in [0.05, 0.1) is 17.7 Å². The minimum Gasteiger partial charge on any atom is -0.487 e. The van der Waals surface area contributed by atoms with Crippen LogP contribution in [0.5, 0.6) is 5.75 Å². The van der Waals surface area contributed by atoms with Crippen LogP contribution in [0.4, 0.5) is 11.4 Å². The largest absolute Gasteiger partial charge is 0.487 e. The number of benzene rings is 1. The van der Waals surface area contributed by atoms with Crippen LogP contribution < -0.4 is 10.1 Å². The minimum absolute atomic E-state index is 0.0433. The van der Waals surface area contributed by atoms with Crippen molar-refractivity contribution < 1.29 is 9.66 Å². The van der Waals surface area contributed by atoms with Crippen LogP contribution >= 0.6 is 0 Å². The van der Waals surface area contributed by atoms with E-state index in [1.54, 1.807) is 36.0 Å². The molecule has 0 unspecified atom stereocenters. The molecule has 0 aliphatic rings. The van der Waals surface area contributed by atoms with E-state index in [0.29, 0.717) is 18.8 Å². The van der Waals surface area contributed by atoms with Crippen molar-refractivity contribution in [2.45, 2.75) is 13.5 Å². The van der Waals surface area contributed by atoms with Crippen LogP contribution in [0.2, 0.25) is 0 Å². The molecule has 0 aliphatic carbocycles. The van der Waals surface area contributed by atoms with E-state index in [1.165, 1.54) is 0 Å². The van der Waals surface area contributed by atoms with Crippen molar-refractivity contribution in [3.05, 3.63) is 46.3 Å². The van der Waals surface area contributed by atoms with Crippen LogP contribution in [-0.4, -0.2) is 21.3 Å². The highest BCUT2D eigenvalue weighted by molar-refractivity contribution is 5.68. The third-order valence-electron chi connectivity index (χ3n) is 2.72. The second-order valence-corrected chi connectivity index (χ2v) is 4.22. The standard InChI is InChI=1S/C13H16N4O3/c1-3-20-12-6-4-5-11(13(12)17(18)19)14-7-10-8-15-16(2)9-10/h4-6,8-9,14H,3,7H2,1-2H3. The van der Waals surface area contributed by atoms with Gasteiger partial charge in [0.2, 0.25) is 0 Å². The monoisotopic (exact) mass is 276 g/mol. The first-order chi connectivity index (χ1) is 9.61. The van der Waals surface area contributed by atoms with Crippen molar-refractivity contribution in [2.75, 3.05) is 11.9 Å². The smallest absolute Gasteiger partial charge is 0.333 e. The number of aromatic nitrogens is 2. The fraction of sp³-hybridized carbons (Fsp3) is 0.308. The van der Waals surface area contributed by atoms with E-state index >= 15 is 0 Å². The number of nitro groups is 1. The highest BCUT2D eigenvalue weighted by Gasteiger charge is 2.20. The summed E-state index contributed by atoms with van der Waals surface area (Å²) in [5.41, 5.74) is 1.34. The van der Waals surface area contributed by atoms with Crippen LogP contribution in [0.15, 0.2) is 30.6 Å². The second-order valence-electron chi connectivity index (χ2n) is 4.22. The van der Waals surface area contributed by atoms with E-state index in [1.807, 2.05) is 13.2 Å². The van der Waals surface area contributed by atoms with Gasteiger partial charge < -0.3 is 10.1 Å². The second kappa shape index (κ2) is 6.05. The molecular formula is C13H16N4O3. The Hall–Kier alpha value is -2.57. The van der Waals surface area contributed by atoms with Gasteiger partial charge in [-0.15, -0.1) is 0 Å². The average molecular weight is 276 g/mol. The van der Waals surface area contributed by atoms with E-state index in [-0.39, 0.29) is 11.4 Å². The predicted molar refractivity (Wildman–Crippen MR) is 74.8 cm³/mol. The zero-order valence-corrected chi connectivity index (χ0v) is 11.4. The number of nitro benzene ring substituents is 1. The molecule has 0 atom stereocenters. The summed E-state index contributed by atoms with van der Waals surface area (Å²) in [5, 5.41) is 18.3. The zero-order valence-electron chi connectivity index (χ0n) is 11.4. The Morgan fingerprint density at radius 3 is 2.90 bits per heavy atom. The average Bonchev–Trinajstić information content (AvgIpc) is 2.82. The summed E-state index contributed by atoms with van der Waals surface area (Å²) in [7, 11) is 1.82. The lowest BCUT2D eigenvalue weighted by atomic mass is 10.2. The molecule has 0 radical (unpaired) electrons. The SMILES string of the molecule is CCOc1cccc(NCc2cnn(C)c2)c1[N+](=O)[O-]. The molecule has 1 heterocycles. The third kappa shape index (κ3) is 3.05. The fourth-order valence-corrected chi connectivity index (χ4v) is 1.89. The number of hydrogen-bond acceptors (Lipinski definition) is 5. The summed E-state index contributed by atoms with van der Waals surface area (Å²) in [6.45, 7) is 2.64. The molecule has 0 fully saturated rings. The molecule has 7 heteroatoms. The summed E-state index contributed by atoms with van der Waals surface area (Å²) >= 11 is 0. The Labute approximate surface area is 116 Å². The summed E-state index contributed by atoms with van der Waals surface area (Å²) < 4.78 is 6.98.